The van der Waals surface area contributed by atoms with Crippen LogP contribution in [-0.4, -0.2) is 38.6 Å². The van der Waals surface area contributed by atoms with Gasteiger partial charge >= 0.3 is 0 Å². The minimum absolute atomic E-state index is 0.280. The molecule has 0 unspecified atom stereocenters. The molecule has 6 aromatic heterocycles. The molecule has 0 spiro atoms. The van der Waals surface area contributed by atoms with Crippen LogP contribution in [0.1, 0.15) is 0 Å². The highest BCUT2D eigenvalue weighted by Gasteiger charge is 2.22. The predicted molar refractivity (Wildman–Crippen MR) is 424 cm³/mol. The van der Waals surface area contributed by atoms with E-state index in [-0.39, 0.29) is 5.28 Å². The minimum Gasteiger partial charge on any atom is -0.354 e. The van der Waals surface area contributed by atoms with Gasteiger partial charge in [0.05, 0.1) is 55.5 Å². The minimum atomic E-state index is 0.280. The number of halogens is 1. The Kier molecular flexibility index (Phi) is 13.5. The first-order valence-electron chi connectivity index (χ1n) is 34.0. The largest absolute Gasteiger partial charge is 0.354 e. The number of benzene rings is 16. The van der Waals surface area contributed by atoms with E-state index >= 15 is 0 Å². The van der Waals surface area contributed by atoms with Crippen molar-refractivity contribution in [1.82, 2.24) is 38.6 Å². The molecule has 9 heteroatoms. The number of aromatic amines is 1. The first-order valence-corrected chi connectivity index (χ1v) is 34.4. The molecule has 8 nitrogen and oxygen atoms in total. The van der Waals surface area contributed by atoms with E-state index in [1.807, 2.05) is 66.7 Å². The number of rotatable bonds is 5. The van der Waals surface area contributed by atoms with Gasteiger partial charge in [0.2, 0.25) is 11.2 Å². The summed E-state index contributed by atoms with van der Waals surface area (Å²) in [5.41, 5.74) is 17.5. The maximum absolute atomic E-state index is 5.95. The third kappa shape index (κ3) is 9.45. The number of hydrogen-bond acceptors (Lipinski definition) is 4. The van der Waals surface area contributed by atoms with Crippen LogP contribution in [0, 0.1) is 0 Å². The van der Waals surface area contributed by atoms with Gasteiger partial charge in [-0.2, -0.15) is 0 Å². The maximum atomic E-state index is 5.95. The van der Waals surface area contributed by atoms with Gasteiger partial charge in [-0.3, -0.25) is 4.57 Å². The molecule has 22 aromatic rings. The molecule has 0 bridgehead atoms. The number of nitrogens with one attached hydrogen (secondary N) is 1. The lowest BCUT2D eigenvalue weighted by atomic mass is 9.97. The molecule has 22 rings (SSSR count). The van der Waals surface area contributed by atoms with Crippen molar-refractivity contribution in [2.45, 2.75) is 0 Å². The summed E-state index contributed by atoms with van der Waals surface area (Å²) >= 11 is 5.95. The standard InChI is InChI=1S/C46H28N4.C32H20N2.C14H9ClN2/c1-3-13-29(14-4-1)45-35-18-7-10-20-39(35)47-46(48-45)50-41-22-12-9-19-36(41)44-34-24-23-30-27-43-38(28-37(30)32(34)25-26-42(44)50)33-17-8-11-21-40(33)49(43)31-15-5-2-6-16-31;1-2-8-21(9-3-1)34-30-13-7-5-10-23(30)27-19-26-20(18-31(27)34)14-15-24-22(26)16-17-29-32(24)25-11-4-6-12-28(25)33-29;15-14-16-12-9-5-4-8-11(12)13(17-14)10-6-2-1-3-7-10/h1-28H;1-19,33H;1-9H. The van der Waals surface area contributed by atoms with Crippen LogP contribution >= 0.6 is 11.6 Å². The first kappa shape index (κ1) is 57.9. The van der Waals surface area contributed by atoms with E-state index in [0.29, 0.717) is 5.95 Å². The van der Waals surface area contributed by atoms with E-state index in [1.165, 1.54) is 131 Å². The molecule has 6 heterocycles. The summed E-state index contributed by atoms with van der Waals surface area (Å²) in [4.78, 5) is 22.6. The van der Waals surface area contributed by atoms with E-state index in [2.05, 4.69) is 302 Å². The second-order valence-electron chi connectivity index (χ2n) is 25.8. The molecule has 0 fully saturated rings. The van der Waals surface area contributed by atoms with Crippen molar-refractivity contribution in [3.05, 3.63) is 345 Å². The zero-order valence-electron chi connectivity index (χ0n) is 54.3. The molecule has 16 aromatic carbocycles. The van der Waals surface area contributed by atoms with Crippen LogP contribution in [0.2, 0.25) is 5.28 Å². The Labute approximate surface area is 583 Å². The SMILES string of the molecule is Clc1nc(-c2ccccc2)c2ccccc2n1.c1ccc(-c2nc(-n3c4ccccc4c4c5ccc6cc7c(cc6c5ccc43)c3ccccc3n7-c3ccccc3)nc3ccccc23)cc1.c1ccc(-n2c3ccccc3c3cc4c(ccc5c4ccc4[nH]c6ccccc6c45)cc32)cc1. The number of aromatic nitrogens is 8. The molecule has 1 N–H and O–H groups in total. The Morgan fingerprint density at radius 2 is 0.663 bits per heavy atom. The second-order valence-corrected chi connectivity index (χ2v) is 26.2. The van der Waals surface area contributed by atoms with Crippen LogP contribution in [0.15, 0.2) is 340 Å². The van der Waals surface area contributed by atoms with Crippen LogP contribution in [0.25, 0.3) is 192 Å². The van der Waals surface area contributed by atoms with Crippen molar-refractivity contribution in [2.24, 2.45) is 0 Å². The van der Waals surface area contributed by atoms with Crippen molar-refractivity contribution >= 4 is 164 Å². The van der Waals surface area contributed by atoms with E-state index in [1.54, 1.807) is 0 Å². The number of nitrogens with zero attached hydrogens (tertiary/aromatic N) is 7. The smallest absolute Gasteiger partial charge is 0.235 e. The fraction of sp³-hybridized carbons (Fsp3) is 0. The molecule has 472 valence electrons. The van der Waals surface area contributed by atoms with Gasteiger partial charge in [0.25, 0.3) is 0 Å². The zero-order valence-corrected chi connectivity index (χ0v) is 55.1. The summed E-state index contributed by atoms with van der Waals surface area (Å²) in [6, 6.07) is 120. The third-order valence-electron chi connectivity index (χ3n) is 20.2. The van der Waals surface area contributed by atoms with Gasteiger partial charge in [-0.1, -0.05) is 243 Å². The van der Waals surface area contributed by atoms with Crippen molar-refractivity contribution in [1.29, 1.82) is 0 Å². The quantitative estimate of drug-likeness (QED) is 0.137. The molecule has 0 radical (unpaired) electrons. The Morgan fingerprint density at radius 3 is 1.23 bits per heavy atom. The molecule has 0 atom stereocenters. The fourth-order valence-electron chi connectivity index (χ4n) is 15.8. The number of para-hydroxylation sites is 8. The lowest BCUT2D eigenvalue weighted by Gasteiger charge is -2.12. The second kappa shape index (κ2) is 23.5. The highest BCUT2D eigenvalue weighted by atomic mass is 35.5. The average Bonchev–Trinajstić information content (AvgIpc) is 1.59. The molecule has 0 aliphatic rings. The summed E-state index contributed by atoms with van der Waals surface area (Å²) in [5.74, 6) is 0.671. The van der Waals surface area contributed by atoms with Crippen molar-refractivity contribution < 1.29 is 0 Å². The van der Waals surface area contributed by atoms with Crippen LogP contribution in [-0.2, 0) is 0 Å². The Hall–Kier alpha value is -13.3. The van der Waals surface area contributed by atoms with Crippen LogP contribution in [0.4, 0.5) is 0 Å². The van der Waals surface area contributed by atoms with Crippen molar-refractivity contribution in [3.8, 4) is 39.8 Å². The third-order valence-corrected chi connectivity index (χ3v) is 20.4. The van der Waals surface area contributed by atoms with Gasteiger partial charge in [-0.05, 0) is 152 Å². The van der Waals surface area contributed by atoms with Gasteiger partial charge in [0.1, 0.15) is 0 Å². The summed E-state index contributed by atoms with van der Waals surface area (Å²) in [6.45, 7) is 0. The number of H-pyrrole nitrogens is 1. The molecule has 101 heavy (non-hydrogen) atoms. The van der Waals surface area contributed by atoms with Crippen molar-refractivity contribution in [2.75, 3.05) is 0 Å². The summed E-state index contributed by atoms with van der Waals surface area (Å²) in [5, 5.41) is 22.5. The molecule has 0 aliphatic heterocycles. The van der Waals surface area contributed by atoms with E-state index < -0.39 is 0 Å². The Bertz CT molecular complexity index is 7080. The normalized spacial score (nSPS) is 11.8. The Morgan fingerprint density at radius 1 is 0.238 bits per heavy atom. The zero-order chi connectivity index (χ0) is 66.7. The van der Waals surface area contributed by atoms with E-state index in [9.17, 15) is 0 Å². The van der Waals surface area contributed by atoms with E-state index in [4.69, 9.17) is 21.6 Å². The van der Waals surface area contributed by atoms with Crippen LogP contribution < -0.4 is 0 Å². The molecule has 0 aliphatic carbocycles. The summed E-state index contributed by atoms with van der Waals surface area (Å²) < 4.78 is 7.01. The molecular weight excluding hydrogens is 1250 g/mol. The van der Waals surface area contributed by atoms with Gasteiger partial charge in [-0.25, -0.2) is 19.9 Å². The van der Waals surface area contributed by atoms with Gasteiger partial charge < -0.3 is 14.1 Å². The molecule has 0 saturated carbocycles. The van der Waals surface area contributed by atoms with E-state index in [0.717, 1.165) is 55.4 Å². The maximum Gasteiger partial charge on any atom is 0.235 e. The first-order chi connectivity index (χ1) is 50.0. The summed E-state index contributed by atoms with van der Waals surface area (Å²) in [7, 11) is 0. The lowest BCUT2D eigenvalue weighted by Crippen LogP contribution is -2.03. The number of fused-ring (bicyclic) bond motifs is 22. The lowest BCUT2D eigenvalue weighted by molar-refractivity contribution is 1.01. The monoisotopic (exact) mass is 1310 g/mol. The number of hydrogen-bond donors (Lipinski definition) is 1. The van der Waals surface area contributed by atoms with Crippen molar-refractivity contribution in [3.63, 3.8) is 0 Å². The molecular formula is C92H57ClN8. The average molecular weight is 1310 g/mol. The van der Waals surface area contributed by atoms with Gasteiger partial charge in [0.15, 0.2) is 0 Å². The highest BCUT2D eigenvalue weighted by molar-refractivity contribution is 6.30. The van der Waals surface area contributed by atoms with Gasteiger partial charge in [-0.15, -0.1) is 0 Å². The predicted octanol–water partition coefficient (Wildman–Crippen LogP) is 24.5. The van der Waals surface area contributed by atoms with Crippen LogP contribution in [0.5, 0.6) is 0 Å². The highest BCUT2D eigenvalue weighted by Crippen LogP contribution is 2.44. The fourth-order valence-corrected chi connectivity index (χ4v) is 16.0. The molecule has 0 amide bonds. The Balaban J connectivity index is 0.000000115. The van der Waals surface area contributed by atoms with Crippen LogP contribution in [0.3, 0.4) is 0 Å². The molecule has 0 saturated heterocycles. The topological polar surface area (TPSA) is 82.1 Å². The summed E-state index contributed by atoms with van der Waals surface area (Å²) in [6.07, 6.45) is 0. The van der Waals surface area contributed by atoms with Gasteiger partial charge in [0, 0.05) is 87.4 Å².